The van der Waals surface area contributed by atoms with Crippen molar-refractivity contribution in [3.05, 3.63) is 12.7 Å². The third kappa shape index (κ3) is 1.62. The van der Waals surface area contributed by atoms with Crippen LogP contribution < -0.4 is 5.73 Å². The van der Waals surface area contributed by atoms with E-state index in [1.54, 1.807) is 4.57 Å². The van der Waals surface area contributed by atoms with E-state index in [1.807, 2.05) is 0 Å². The number of hydrogen-bond acceptors (Lipinski definition) is 8. The van der Waals surface area contributed by atoms with Gasteiger partial charge in [0.2, 0.25) is 0 Å². The molecule has 2 saturated heterocycles. The number of anilines is 1. The SMILES string of the molecule is Nc1ncnc2c1ncn2C1O[C@@]2(CO)CCOC1C2O. The van der Waals surface area contributed by atoms with Crippen molar-refractivity contribution in [2.45, 2.75) is 30.5 Å². The molecule has 9 heteroatoms. The maximum atomic E-state index is 10.4. The molecule has 4 rings (SSSR count). The maximum Gasteiger partial charge on any atom is 0.167 e. The van der Waals surface area contributed by atoms with Crippen LogP contribution in [0.25, 0.3) is 11.2 Å². The third-order valence-corrected chi connectivity index (χ3v) is 4.25. The van der Waals surface area contributed by atoms with Crippen LogP contribution in [0, 0.1) is 0 Å². The highest BCUT2D eigenvalue weighted by Crippen LogP contribution is 2.44. The predicted molar refractivity (Wildman–Crippen MR) is 70.0 cm³/mol. The van der Waals surface area contributed by atoms with Gasteiger partial charge in [0, 0.05) is 6.42 Å². The van der Waals surface area contributed by atoms with Gasteiger partial charge in [-0.3, -0.25) is 4.57 Å². The number of nitrogens with two attached hydrogens (primary N) is 1. The molecule has 112 valence electrons. The van der Waals surface area contributed by atoms with Crippen molar-refractivity contribution in [2.24, 2.45) is 0 Å². The minimum atomic E-state index is -0.997. The third-order valence-electron chi connectivity index (χ3n) is 4.25. The zero-order valence-electron chi connectivity index (χ0n) is 11.1. The summed E-state index contributed by atoms with van der Waals surface area (Å²) in [5, 5.41) is 20.0. The quantitative estimate of drug-likeness (QED) is 0.631. The molecule has 0 radical (unpaired) electrons. The first-order chi connectivity index (χ1) is 10.2. The predicted octanol–water partition coefficient (Wildman–Crippen LogP) is -1.18. The van der Waals surface area contributed by atoms with Crippen LogP contribution in [0.5, 0.6) is 0 Å². The molecule has 2 aromatic rings. The van der Waals surface area contributed by atoms with Crippen LogP contribution in [0.15, 0.2) is 12.7 Å². The van der Waals surface area contributed by atoms with Crippen molar-refractivity contribution in [3.63, 3.8) is 0 Å². The summed E-state index contributed by atoms with van der Waals surface area (Å²) in [6.45, 7) is 0.150. The topological polar surface area (TPSA) is 129 Å². The molecule has 2 aliphatic heterocycles. The minimum absolute atomic E-state index is 0.270. The Bertz CT molecular complexity index is 691. The fourth-order valence-electron chi connectivity index (χ4n) is 3.06. The summed E-state index contributed by atoms with van der Waals surface area (Å²) in [4.78, 5) is 12.2. The summed E-state index contributed by atoms with van der Waals surface area (Å²) in [5.41, 5.74) is 5.74. The molecule has 4 N–H and O–H groups in total. The number of nitrogens with zero attached hydrogens (tertiary/aromatic N) is 4. The van der Waals surface area contributed by atoms with E-state index < -0.39 is 24.0 Å². The molecule has 0 aromatic carbocycles. The number of aromatic nitrogens is 4. The second kappa shape index (κ2) is 4.34. The number of hydrogen-bond donors (Lipinski definition) is 3. The van der Waals surface area contributed by atoms with Crippen LogP contribution in [-0.2, 0) is 9.47 Å². The van der Waals surface area contributed by atoms with Crippen molar-refractivity contribution in [1.29, 1.82) is 0 Å². The van der Waals surface area contributed by atoms with Crippen LogP contribution >= 0.6 is 0 Å². The first-order valence-corrected chi connectivity index (χ1v) is 6.68. The van der Waals surface area contributed by atoms with E-state index in [-0.39, 0.29) is 12.4 Å². The Hall–Kier alpha value is -1.81. The number of aliphatic hydroxyl groups is 2. The van der Waals surface area contributed by atoms with Crippen molar-refractivity contribution in [2.75, 3.05) is 18.9 Å². The molecule has 21 heavy (non-hydrogen) atoms. The molecule has 9 nitrogen and oxygen atoms in total. The normalized spacial score (nSPS) is 35.4. The summed E-state index contributed by atoms with van der Waals surface area (Å²) in [5.74, 6) is 0.276. The second-order valence-electron chi connectivity index (χ2n) is 5.34. The van der Waals surface area contributed by atoms with Crippen LogP contribution in [0.4, 0.5) is 5.82 Å². The molecule has 0 amide bonds. The summed E-state index contributed by atoms with van der Waals surface area (Å²) in [6, 6.07) is 0. The average Bonchev–Trinajstić information content (AvgIpc) is 2.96. The highest BCUT2D eigenvalue weighted by atomic mass is 16.6. The molecule has 3 unspecified atom stereocenters. The van der Waals surface area contributed by atoms with E-state index in [0.717, 1.165) is 0 Å². The lowest BCUT2D eigenvalue weighted by molar-refractivity contribution is -0.143. The van der Waals surface area contributed by atoms with Gasteiger partial charge in [-0.15, -0.1) is 0 Å². The zero-order valence-corrected chi connectivity index (χ0v) is 11.1. The Morgan fingerprint density at radius 3 is 3.05 bits per heavy atom. The minimum Gasteiger partial charge on any atom is -0.393 e. The Balaban J connectivity index is 1.81. The highest BCUT2D eigenvalue weighted by Gasteiger charge is 2.58. The number of rotatable bonds is 2. The molecule has 4 heterocycles. The van der Waals surface area contributed by atoms with Crippen molar-refractivity contribution >= 4 is 17.0 Å². The molecule has 2 fully saturated rings. The lowest BCUT2D eigenvalue weighted by atomic mass is 9.90. The van der Waals surface area contributed by atoms with Crippen LogP contribution in [0.3, 0.4) is 0 Å². The van der Waals surface area contributed by atoms with Gasteiger partial charge in [-0.2, -0.15) is 0 Å². The summed E-state index contributed by atoms with van der Waals surface area (Å²) < 4.78 is 13.2. The fraction of sp³-hybridized carbons (Fsp3) is 0.583. The Labute approximate surface area is 119 Å². The van der Waals surface area contributed by atoms with E-state index >= 15 is 0 Å². The van der Waals surface area contributed by atoms with E-state index in [9.17, 15) is 10.2 Å². The number of aliphatic hydroxyl groups excluding tert-OH is 2. The Kier molecular flexibility index (Phi) is 2.67. The molecule has 0 saturated carbocycles. The molecule has 0 aliphatic carbocycles. The first kappa shape index (κ1) is 12.9. The lowest BCUT2D eigenvalue weighted by Gasteiger charge is -2.33. The Morgan fingerprint density at radius 2 is 2.29 bits per heavy atom. The Morgan fingerprint density at radius 1 is 1.43 bits per heavy atom. The summed E-state index contributed by atoms with van der Waals surface area (Å²) in [6.07, 6.45) is 1.20. The number of imidazole rings is 1. The standard InChI is InChI=1S/C12H15N5O4/c13-9-6-10(15-4-14-9)17(5-16-6)11-7-8(19)12(3-18,21-11)1-2-20-7/h4-5,7-8,11,18-19H,1-3H2,(H2,13,14,15)/t7?,8?,11?,12-/m1/s1. The van der Waals surface area contributed by atoms with Crippen LogP contribution in [0.1, 0.15) is 12.6 Å². The van der Waals surface area contributed by atoms with Gasteiger partial charge in [-0.25, -0.2) is 15.0 Å². The summed E-state index contributed by atoms with van der Waals surface area (Å²) in [7, 11) is 0. The van der Waals surface area contributed by atoms with E-state index in [0.29, 0.717) is 24.2 Å². The van der Waals surface area contributed by atoms with Crippen molar-refractivity contribution in [1.82, 2.24) is 19.5 Å². The maximum absolute atomic E-state index is 10.4. The van der Waals surface area contributed by atoms with E-state index in [2.05, 4.69) is 15.0 Å². The first-order valence-electron chi connectivity index (χ1n) is 6.68. The van der Waals surface area contributed by atoms with E-state index in [4.69, 9.17) is 15.2 Å². The van der Waals surface area contributed by atoms with Crippen LogP contribution in [-0.4, -0.2) is 60.8 Å². The van der Waals surface area contributed by atoms with E-state index in [1.165, 1.54) is 12.7 Å². The molecule has 2 aromatic heterocycles. The molecule has 4 atom stereocenters. The number of fused-ring (bicyclic) bond motifs is 3. The van der Waals surface area contributed by atoms with Gasteiger partial charge in [0.25, 0.3) is 0 Å². The second-order valence-corrected chi connectivity index (χ2v) is 5.34. The number of nitrogen functional groups attached to an aromatic ring is 1. The number of ether oxygens (including phenoxy) is 2. The summed E-state index contributed by atoms with van der Waals surface area (Å²) >= 11 is 0. The van der Waals surface area contributed by atoms with Gasteiger partial charge in [0.1, 0.15) is 29.7 Å². The molecule has 0 spiro atoms. The highest BCUT2D eigenvalue weighted by molar-refractivity contribution is 5.81. The van der Waals surface area contributed by atoms with Gasteiger partial charge in [0.15, 0.2) is 17.7 Å². The molecular weight excluding hydrogens is 278 g/mol. The van der Waals surface area contributed by atoms with Gasteiger partial charge in [-0.1, -0.05) is 0 Å². The van der Waals surface area contributed by atoms with Gasteiger partial charge >= 0.3 is 0 Å². The smallest absolute Gasteiger partial charge is 0.167 e. The lowest BCUT2D eigenvalue weighted by Crippen LogP contribution is -2.51. The monoisotopic (exact) mass is 293 g/mol. The van der Waals surface area contributed by atoms with Gasteiger partial charge < -0.3 is 25.4 Å². The van der Waals surface area contributed by atoms with Crippen LogP contribution in [0.2, 0.25) is 0 Å². The zero-order chi connectivity index (χ0) is 14.6. The van der Waals surface area contributed by atoms with Gasteiger partial charge in [-0.05, 0) is 0 Å². The fourth-order valence-corrected chi connectivity index (χ4v) is 3.06. The average molecular weight is 293 g/mol. The molecule has 2 aliphatic rings. The van der Waals surface area contributed by atoms with Gasteiger partial charge in [0.05, 0.1) is 19.5 Å². The molecule has 2 bridgehead atoms. The van der Waals surface area contributed by atoms with Crippen molar-refractivity contribution < 1.29 is 19.7 Å². The van der Waals surface area contributed by atoms with Crippen molar-refractivity contribution in [3.8, 4) is 0 Å². The largest absolute Gasteiger partial charge is 0.393 e. The molecular formula is C12H15N5O4.